The van der Waals surface area contributed by atoms with E-state index in [0.717, 1.165) is 22.4 Å². The van der Waals surface area contributed by atoms with E-state index in [2.05, 4.69) is 15.0 Å². The molecule has 3 heterocycles. The van der Waals surface area contributed by atoms with Crippen molar-refractivity contribution in [2.24, 2.45) is 7.05 Å². The van der Waals surface area contributed by atoms with Crippen molar-refractivity contribution in [3.8, 4) is 5.88 Å². The van der Waals surface area contributed by atoms with Gasteiger partial charge in [0.1, 0.15) is 0 Å². The Hall–Kier alpha value is -1.93. The van der Waals surface area contributed by atoms with Crippen molar-refractivity contribution in [1.29, 1.82) is 0 Å². The summed E-state index contributed by atoms with van der Waals surface area (Å²) in [4.78, 5) is 6.65. The molecule has 1 atom stereocenters. The Balaban J connectivity index is 1.95. The molecule has 3 rings (SSSR count). The quantitative estimate of drug-likeness (QED) is 0.816. The molecule has 0 aromatic carbocycles. The Bertz CT molecular complexity index is 876. The smallest absolute Gasteiger partial charge is 0.218 e. The zero-order valence-electron chi connectivity index (χ0n) is 15.1. The molecule has 0 radical (unpaired) electrons. The van der Waals surface area contributed by atoms with E-state index >= 15 is 0 Å². The molecule has 7 nitrogen and oxygen atoms in total. The van der Waals surface area contributed by atoms with Crippen molar-refractivity contribution < 1.29 is 13.2 Å². The lowest BCUT2D eigenvalue weighted by Gasteiger charge is -2.35. The van der Waals surface area contributed by atoms with Crippen molar-refractivity contribution in [2.75, 3.05) is 25.2 Å². The molecular formula is C17H24N4O3S. The van der Waals surface area contributed by atoms with Gasteiger partial charge >= 0.3 is 0 Å². The van der Waals surface area contributed by atoms with Crippen molar-refractivity contribution in [1.82, 2.24) is 19.7 Å². The summed E-state index contributed by atoms with van der Waals surface area (Å²) in [5.74, 6) is 0.889. The molecule has 2 aromatic heterocycles. The van der Waals surface area contributed by atoms with Crippen molar-refractivity contribution in [3.63, 3.8) is 0 Å². The van der Waals surface area contributed by atoms with E-state index in [1.807, 2.05) is 33.2 Å². The van der Waals surface area contributed by atoms with Crippen LogP contribution in [0.15, 0.2) is 18.5 Å². The Labute approximate surface area is 148 Å². The molecule has 0 amide bonds. The number of aromatic nitrogens is 3. The van der Waals surface area contributed by atoms with Gasteiger partial charge in [0.05, 0.1) is 30.9 Å². The molecule has 136 valence electrons. The molecule has 1 aliphatic rings. The van der Waals surface area contributed by atoms with Gasteiger partial charge in [-0.1, -0.05) is 0 Å². The number of nitrogens with zero attached hydrogens (tertiary/aromatic N) is 4. The SMILES string of the molecule is COc1nc(C)cc(C)c1CN1CCS(=O)(=O)C[C@@H]1c1cnn(C)c1. The fourth-order valence-electron chi connectivity index (χ4n) is 3.34. The zero-order valence-corrected chi connectivity index (χ0v) is 15.9. The second kappa shape index (κ2) is 6.76. The van der Waals surface area contributed by atoms with Crippen molar-refractivity contribution >= 4 is 9.84 Å². The maximum Gasteiger partial charge on any atom is 0.218 e. The first-order chi connectivity index (χ1) is 11.8. The predicted molar refractivity (Wildman–Crippen MR) is 95.3 cm³/mol. The molecule has 2 aromatic rings. The van der Waals surface area contributed by atoms with Gasteiger partial charge in [0.2, 0.25) is 5.88 Å². The van der Waals surface area contributed by atoms with Crippen LogP contribution >= 0.6 is 0 Å². The third kappa shape index (κ3) is 3.85. The lowest BCUT2D eigenvalue weighted by atomic mass is 10.1. The van der Waals surface area contributed by atoms with Gasteiger partial charge in [0.15, 0.2) is 9.84 Å². The Morgan fingerprint density at radius 1 is 1.36 bits per heavy atom. The van der Waals surface area contributed by atoms with Gasteiger partial charge < -0.3 is 4.74 Å². The van der Waals surface area contributed by atoms with Gasteiger partial charge in [0.25, 0.3) is 0 Å². The van der Waals surface area contributed by atoms with Crippen LogP contribution in [-0.2, 0) is 23.4 Å². The zero-order chi connectivity index (χ0) is 18.2. The lowest BCUT2D eigenvalue weighted by Crippen LogP contribution is -2.42. The molecule has 0 bridgehead atoms. The van der Waals surface area contributed by atoms with Crippen LogP contribution in [0.25, 0.3) is 0 Å². The summed E-state index contributed by atoms with van der Waals surface area (Å²) in [5, 5.41) is 4.20. The predicted octanol–water partition coefficient (Wildman–Crippen LogP) is 1.41. The molecule has 1 saturated heterocycles. The summed E-state index contributed by atoms with van der Waals surface area (Å²) >= 11 is 0. The van der Waals surface area contributed by atoms with Crippen LogP contribution in [0.3, 0.4) is 0 Å². The normalized spacial score (nSPS) is 20.6. The molecule has 0 unspecified atom stereocenters. The minimum Gasteiger partial charge on any atom is -0.481 e. The minimum absolute atomic E-state index is 0.110. The van der Waals surface area contributed by atoms with Gasteiger partial charge in [-0.3, -0.25) is 9.58 Å². The molecule has 0 saturated carbocycles. The second-order valence-corrected chi connectivity index (χ2v) is 8.85. The first-order valence-corrected chi connectivity index (χ1v) is 10.1. The molecule has 1 fully saturated rings. The maximum absolute atomic E-state index is 12.2. The Morgan fingerprint density at radius 2 is 2.12 bits per heavy atom. The lowest BCUT2D eigenvalue weighted by molar-refractivity contribution is 0.202. The van der Waals surface area contributed by atoms with E-state index < -0.39 is 9.84 Å². The molecule has 0 aliphatic carbocycles. The standard InChI is InChI=1S/C17H24N4O3S/c1-12-7-13(2)19-17(24-4)15(12)10-21-5-6-25(22,23)11-16(21)14-8-18-20(3)9-14/h7-9,16H,5-6,10-11H2,1-4H3/t16-/m1/s1. The van der Waals surface area contributed by atoms with E-state index in [4.69, 9.17) is 4.74 Å². The third-order valence-corrected chi connectivity index (χ3v) is 6.27. The van der Waals surface area contributed by atoms with E-state index in [1.54, 1.807) is 18.0 Å². The monoisotopic (exact) mass is 364 g/mol. The average Bonchev–Trinajstić information content (AvgIpc) is 2.97. The van der Waals surface area contributed by atoms with Crippen molar-refractivity contribution in [3.05, 3.63) is 40.8 Å². The van der Waals surface area contributed by atoms with Gasteiger partial charge in [-0.25, -0.2) is 13.4 Å². The summed E-state index contributed by atoms with van der Waals surface area (Å²) < 4.78 is 31.5. The minimum atomic E-state index is -3.05. The molecule has 25 heavy (non-hydrogen) atoms. The fourth-order valence-corrected chi connectivity index (χ4v) is 4.91. The second-order valence-electron chi connectivity index (χ2n) is 6.62. The summed E-state index contributed by atoms with van der Waals surface area (Å²) in [5.41, 5.74) is 3.93. The highest BCUT2D eigenvalue weighted by Crippen LogP contribution is 2.31. The highest BCUT2D eigenvalue weighted by molar-refractivity contribution is 7.91. The molecular weight excluding hydrogens is 340 g/mol. The number of ether oxygens (including phenoxy) is 1. The van der Waals surface area contributed by atoms with Gasteiger partial charge in [-0.2, -0.15) is 5.10 Å². The van der Waals surface area contributed by atoms with Gasteiger partial charge in [0, 0.05) is 43.2 Å². The average molecular weight is 364 g/mol. The third-order valence-electron chi connectivity index (χ3n) is 4.64. The Morgan fingerprint density at radius 3 is 2.76 bits per heavy atom. The van der Waals surface area contributed by atoms with E-state index in [9.17, 15) is 8.42 Å². The maximum atomic E-state index is 12.2. The molecule has 1 aliphatic heterocycles. The topological polar surface area (TPSA) is 77.3 Å². The van der Waals surface area contributed by atoms with Gasteiger partial charge in [-0.05, 0) is 25.5 Å². The van der Waals surface area contributed by atoms with Crippen molar-refractivity contribution in [2.45, 2.75) is 26.4 Å². The van der Waals surface area contributed by atoms with E-state index in [0.29, 0.717) is 19.0 Å². The van der Waals surface area contributed by atoms with Crippen LogP contribution < -0.4 is 4.74 Å². The number of sulfone groups is 1. The van der Waals surface area contributed by atoms with Crippen LogP contribution in [0.5, 0.6) is 5.88 Å². The van der Waals surface area contributed by atoms with Crippen LogP contribution in [-0.4, -0.2) is 53.2 Å². The molecule has 0 spiro atoms. The van der Waals surface area contributed by atoms with Crippen LogP contribution in [0.1, 0.15) is 28.4 Å². The van der Waals surface area contributed by atoms with E-state index in [1.165, 1.54) is 0 Å². The number of aryl methyl sites for hydroxylation is 3. The first kappa shape index (κ1) is 17.9. The number of rotatable bonds is 4. The van der Waals surface area contributed by atoms with Crippen LogP contribution in [0, 0.1) is 13.8 Å². The van der Waals surface area contributed by atoms with Crippen LogP contribution in [0.4, 0.5) is 0 Å². The Kier molecular flexibility index (Phi) is 4.83. The summed E-state index contributed by atoms with van der Waals surface area (Å²) in [6.45, 7) is 5.05. The van der Waals surface area contributed by atoms with Crippen LogP contribution in [0.2, 0.25) is 0 Å². The number of methoxy groups -OCH3 is 1. The molecule has 8 heteroatoms. The molecule has 0 N–H and O–H groups in total. The highest BCUT2D eigenvalue weighted by Gasteiger charge is 2.33. The fraction of sp³-hybridized carbons (Fsp3) is 0.529. The number of hydrogen-bond donors (Lipinski definition) is 0. The number of hydrogen-bond acceptors (Lipinski definition) is 6. The summed E-state index contributed by atoms with van der Waals surface area (Å²) in [7, 11) is 0.396. The summed E-state index contributed by atoms with van der Waals surface area (Å²) in [6, 6.07) is 1.82. The largest absolute Gasteiger partial charge is 0.481 e. The summed E-state index contributed by atoms with van der Waals surface area (Å²) in [6.07, 6.45) is 3.63. The highest BCUT2D eigenvalue weighted by atomic mass is 32.2. The first-order valence-electron chi connectivity index (χ1n) is 8.23. The van der Waals surface area contributed by atoms with E-state index in [-0.39, 0.29) is 17.5 Å². The van der Waals surface area contributed by atoms with Gasteiger partial charge in [-0.15, -0.1) is 0 Å². The number of pyridine rings is 1.